The predicted octanol–water partition coefficient (Wildman–Crippen LogP) is 4.90. The first kappa shape index (κ1) is 33.2. The fraction of sp³-hybridized carbons (Fsp3) is 0.394. The number of carbonyl (C=O) groups is 2. The summed E-state index contributed by atoms with van der Waals surface area (Å²) in [4.78, 5) is 29.1. The summed E-state index contributed by atoms with van der Waals surface area (Å²) in [6, 6.07) is 16.7. The standard InChI is InChI=1S/C33H38FN3O8S/c1-3-43-28-19-23(20-29(44-4-2)30(28)24-5-9-26(34)10-6-24)21-36-16-13-33(14-17-36)22-37(32(39)45-33)27-11-7-25(8-12-27)31(38)35-15-18-46(40,41)42/h5-12,19-20H,3-4,13-18,21-22H2,1-2H3,(H,35,38)(H,40,41,42). The van der Waals surface area contributed by atoms with E-state index in [0.29, 0.717) is 75.0 Å². The number of hydrogen-bond donors (Lipinski definition) is 2. The summed E-state index contributed by atoms with van der Waals surface area (Å²) in [5.74, 6) is -0.0421. The van der Waals surface area contributed by atoms with Crippen molar-refractivity contribution in [2.45, 2.75) is 38.8 Å². The second-order valence-electron chi connectivity index (χ2n) is 11.3. The summed E-state index contributed by atoms with van der Waals surface area (Å²) in [5, 5.41) is 2.44. The number of nitrogens with zero attached hydrogens (tertiary/aromatic N) is 2. The molecule has 2 heterocycles. The van der Waals surface area contributed by atoms with Gasteiger partial charge in [0, 0.05) is 50.3 Å². The van der Waals surface area contributed by atoms with Crippen molar-refractivity contribution in [2.75, 3.05) is 50.0 Å². The van der Waals surface area contributed by atoms with Gasteiger partial charge in [-0.3, -0.25) is 19.1 Å². The molecule has 2 N–H and O–H groups in total. The van der Waals surface area contributed by atoms with Gasteiger partial charge in [0.2, 0.25) is 0 Å². The number of rotatable bonds is 12. The number of hydrogen-bond acceptors (Lipinski definition) is 8. The van der Waals surface area contributed by atoms with E-state index in [9.17, 15) is 22.4 Å². The third-order valence-electron chi connectivity index (χ3n) is 8.09. The van der Waals surface area contributed by atoms with E-state index in [1.54, 1.807) is 41.3 Å². The number of nitrogens with one attached hydrogen (secondary N) is 1. The Labute approximate surface area is 268 Å². The number of amides is 2. The fourth-order valence-corrected chi connectivity index (χ4v) is 6.18. The van der Waals surface area contributed by atoms with Crippen LogP contribution in [0.4, 0.5) is 14.9 Å². The van der Waals surface area contributed by atoms with Crippen molar-refractivity contribution >= 4 is 27.8 Å². The second kappa shape index (κ2) is 14.1. The molecule has 0 radical (unpaired) electrons. The minimum absolute atomic E-state index is 0.222. The predicted molar refractivity (Wildman–Crippen MR) is 170 cm³/mol. The molecule has 246 valence electrons. The Bertz CT molecular complexity index is 1630. The molecule has 3 aromatic rings. The van der Waals surface area contributed by atoms with Crippen LogP contribution in [-0.4, -0.2) is 80.6 Å². The van der Waals surface area contributed by atoms with E-state index in [1.807, 2.05) is 26.0 Å². The molecule has 0 bridgehead atoms. The van der Waals surface area contributed by atoms with Crippen molar-refractivity contribution < 1.29 is 41.2 Å². The van der Waals surface area contributed by atoms with E-state index >= 15 is 0 Å². The average Bonchev–Trinajstić information content (AvgIpc) is 3.34. The average molecular weight is 656 g/mol. The van der Waals surface area contributed by atoms with Gasteiger partial charge in [0.15, 0.2) is 0 Å². The molecule has 1 spiro atoms. The highest BCUT2D eigenvalue weighted by Crippen LogP contribution is 2.41. The van der Waals surface area contributed by atoms with Crippen LogP contribution in [0.1, 0.15) is 42.6 Å². The van der Waals surface area contributed by atoms with E-state index in [2.05, 4.69) is 10.2 Å². The van der Waals surface area contributed by atoms with E-state index in [1.165, 1.54) is 12.1 Å². The Morgan fingerprint density at radius 3 is 2.17 bits per heavy atom. The maximum Gasteiger partial charge on any atom is 0.415 e. The molecule has 2 fully saturated rings. The molecule has 2 aliphatic heterocycles. The monoisotopic (exact) mass is 655 g/mol. The van der Waals surface area contributed by atoms with Crippen LogP contribution in [0.15, 0.2) is 60.7 Å². The Hall–Kier alpha value is -4.20. The highest BCUT2D eigenvalue weighted by atomic mass is 32.2. The zero-order valence-electron chi connectivity index (χ0n) is 25.8. The molecular formula is C33H38FN3O8S. The molecule has 5 rings (SSSR count). The zero-order valence-corrected chi connectivity index (χ0v) is 26.6. The lowest BCUT2D eigenvalue weighted by Crippen LogP contribution is -2.46. The van der Waals surface area contributed by atoms with Crippen molar-refractivity contribution in [3.63, 3.8) is 0 Å². The molecule has 0 unspecified atom stereocenters. The highest BCUT2D eigenvalue weighted by molar-refractivity contribution is 7.85. The van der Waals surface area contributed by atoms with Crippen molar-refractivity contribution in [3.8, 4) is 22.6 Å². The Morgan fingerprint density at radius 2 is 1.61 bits per heavy atom. The Kier molecular flexibility index (Phi) is 10.1. The zero-order chi connectivity index (χ0) is 32.9. The largest absolute Gasteiger partial charge is 0.493 e. The molecule has 2 aliphatic rings. The quantitative estimate of drug-likeness (QED) is 0.261. The van der Waals surface area contributed by atoms with Gasteiger partial charge in [-0.05, 0) is 73.5 Å². The highest BCUT2D eigenvalue weighted by Gasteiger charge is 2.47. The number of halogens is 1. The summed E-state index contributed by atoms with van der Waals surface area (Å²) < 4.78 is 62.2. The van der Waals surface area contributed by atoms with Crippen molar-refractivity contribution in [1.29, 1.82) is 0 Å². The van der Waals surface area contributed by atoms with Crippen molar-refractivity contribution in [2.24, 2.45) is 0 Å². The molecule has 0 aromatic heterocycles. The Balaban J connectivity index is 1.22. The van der Waals surface area contributed by atoms with Gasteiger partial charge in [-0.1, -0.05) is 12.1 Å². The molecule has 46 heavy (non-hydrogen) atoms. The number of anilines is 1. The van der Waals surface area contributed by atoms with Crippen LogP contribution in [-0.2, 0) is 21.4 Å². The number of benzene rings is 3. The van der Waals surface area contributed by atoms with Gasteiger partial charge in [-0.25, -0.2) is 9.18 Å². The van der Waals surface area contributed by atoms with E-state index in [-0.39, 0.29) is 12.4 Å². The van der Waals surface area contributed by atoms with Gasteiger partial charge >= 0.3 is 6.09 Å². The fourth-order valence-electron chi connectivity index (χ4n) is 5.82. The Morgan fingerprint density at radius 1 is 1.00 bits per heavy atom. The van der Waals surface area contributed by atoms with Crippen molar-refractivity contribution in [1.82, 2.24) is 10.2 Å². The first-order valence-electron chi connectivity index (χ1n) is 15.2. The summed E-state index contributed by atoms with van der Waals surface area (Å²) in [7, 11) is -4.18. The SMILES string of the molecule is CCOc1cc(CN2CCC3(CC2)CN(c2ccc(C(=O)NCCS(=O)(=O)O)cc2)C(=O)O3)cc(OCC)c1-c1ccc(F)cc1. The summed E-state index contributed by atoms with van der Waals surface area (Å²) in [6.45, 7) is 6.98. The number of likely N-dealkylation sites (tertiary alicyclic amines) is 1. The van der Waals surface area contributed by atoms with Gasteiger partial charge in [0.05, 0.1) is 31.1 Å². The molecular weight excluding hydrogens is 617 g/mol. The van der Waals surface area contributed by atoms with Crippen molar-refractivity contribution in [3.05, 3.63) is 77.6 Å². The van der Waals surface area contributed by atoms with Crippen LogP contribution in [0.2, 0.25) is 0 Å². The van der Waals surface area contributed by atoms with Crippen LogP contribution in [0, 0.1) is 5.82 Å². The van der Waals surface area contributed by atoms with E-state index in [0.717, 1.165) is 16.7 Å². The summed E-state index contributed by atoms with van der Waals surface area (Å²) in [6.07, 6.45) is 0.847. The lowest BCUT2D eigenvalue weighted by Gasteiger charge is -2.37. The molecule has 3 aromatic carbocycles. The number of piperidine rings is 1. The van der Waals surface area contributed by atoms with Gasteiger partial charge in [-0.2, -0.15) is 8.42 Å². The van der Waals surface area contributed by atoms with E-state index in [4.69, 9.17) is 18.8 Å². The molecule has 11 nitrogen and oxygen atoms in total. The minimum atomic E-state index is -4.18. The molecule has 2 saturated heterocycles. The van der Waals surface area contributed by atoms with Crippen LogP contribution < -0.4 is 19.7 Å². The number of carbonyl (C=O) groups excluding carboxylic acids is 2. The molecule has 0 saturated carbocycles. The van der Waals surface area contributed by atoms with Crippen LogP contribution >= 0.6 is 0 Å². The van der Waals surface area contributed by atoms with Crippen LogP contribution in [0.3, 0.4) is 0 Å². The lowest BCUT2D eigenvalue weighted by atomic mass is 9.91. The second-order valence-corrected chi connectivity index (χ2v) is 12.9. The molecule has 13 heteroatoms. The molecule has 2 amide bonds. The third kappa shape index (κ3) is 7.95. The number of ether oxygens (including phenoxy) is 3. The summed E-state index contributed by atoms with van der Waals surface area (Å²) >= 11 is 0. The normalized spacial score (nSPS) is 16.3. The topological polar surface area (TPSA) is 135 Å². The lowest BCUT2D eigenvalue weighted by molar-refractivity contribution is -0.00101. The first-order valence-corrected chi connectivity index (χ1v) is 16.8. The third-order valence-corrected chi connectivity index (χ3v) is 8.81. The maximum atomic E-state index is 13.6. The molecule has 0 atom stereocenters. The van der Waals surface area contributed by atoms with E-state index < -0.39 is 33.5 Å². The molecule has 0 aliphatic carbocycles. The summed E-state index contributed by atoms with van der Waals surface area (Å²) in [5.41, 5.74) is 2.86. The van der Waals surface area contributed by atoms with Crippen LogP contribution in [0.25, 0.3) is 11.1 Å². The smallest absolute Gasteiger partial charge is 0.415 e. The van der Waals surface area contributed by atoms with Gasteiger partial charge in [0.25, 0.3) is 16.0 Å². The minimum Gasteiger partial charge on any atom is -0.493 e. The van der Waals surface area contributed by atoms with Gasteiger partial charge < -0.3 is 19.5 Å². The van der Waals surface area contributed by atoms with Gasteiger partial charge in [-0.15, -0.1) is 0 Å². The van der Waals surface area contributed by atoms with Gasteiger partial charge in [0.1, 0.15) is 22.9 Å². The maximum absolute atomic E-state index is 13.6. The first-order chi connectivity index (χ1) is 22.0. The van der Waals surface area contributed by atoms with Crippen LogP contribution in [0.5, 0.6) is 11.5 Å².